The van der Waals surface area contributed by atoms with Crippen LogP contribution in [0.4, 0.5) is 0 Å². The van der Waals surface area contributed by atoms with Gasteiger partial charge < -0.3 is 10.0 Å². The van der Waals surface area contributed by atoms with Crippen LogP contribution >= 0.6 is 0 Å². The van der Waals surface area contributed by atoms with Crippen molar-refractivity contribution >= 4 is 5.91 Å². The topological polar surface area (TPSA) is 40.5 Å². The second-order valence-corrected chi connectivity index (χ2v) is 5.64. The van der Waals surface area contributed by atoms with Crippen LogP contribution in [0.15, 0.2) is 84.9 Å². The zero-order valence-electron chi connectivity index (χ0n) is 13.3. The van der Waals surface area contributed by atoms with E-state index in [4.69, 9.17) is 0 Å². The molecule has 0 aliphatic carbocycles. The average Bonchev–Trinajstić information content (AvgIpc) is 2.64. The van der Waals surface area contributed by atoms with E-state index < -0.39 is 0 Å². The maximum absolute atomic E-state index is 12.9. The number of phenols is 1. The number of carbonyl (C=O) groups excluding carboxylic acids is 1. The first kappa shape index (κ1) is 15.8. The zero-order valence-corrected chi connectivity index (χ0v) is 13.3. The van der Waals surface area contributed by atoms with Gasteiger partial charge in [0.1, 0.15) is 5.75 Å². The summed E-state index contributed by atoms with van der Waals surface area (Å²) in [7, 11) is 0. The number of hydrogen-bond acceptors (Lipinski definition) is 2. The highest BCUT2D eigenvalue weighted by atomic mass is 16.3. The van der Waals surface area contributed by atoms with E-state index in [1.807, 2.05) is 72.8 Å². The highest BCUT2D eigenvalue weighted by molar-refractivity contribution is 5.94. The van der Waals surface area contributed by atoms with Crippen LogP contribution in [0.3, 0.4) is 0 Å². The lowest BCUT2D eigenvalue weighted by Gasteiger charge is -2.23. The van der Waals surface area contributed by atoms with Crippen LogP contribution in [0, 0.1) is 0 Å². The van der Waals surface area contributed by atoms with Gasteiger partial charge >= 0.3 is 0 Å². The molecule has 0 saturated carbocycles. The third-order valence-electron chi connectivity index (χ3n) is 3.88. The van der Waals surface area contributed by atoms with Crippen molar-refractivity contribution in [3.63, 3.8) is 0 Å². The molecule has 3 nitrogen and oxygen atoms in total. The predicted molar refractivity (Wildman–Crippen MR) is 94.6 cm³/mol. The first-order valence-electron chi connectivity index (χ1n) is 7.89. The van der Waals surface area contributed by atoms with Gasteiger partial charge in [0.05, 0.1) is 0 Å². The van der Waals surface area contributed by atoms with Crippen LogP contribution in [-0.2, 0) is 13.1 Å². The van der Waals surface area contributed by atoms with Crippen LogP contribution in [-0.4, -0.2) is 15.9 Å². The molecule has 0 atom stereocenters. The monoisotopic (exact) mass is 317 g/mol. The van der Waals surface area contributed by atoms with Gasteiger partial charge in [-0.3, -0.25) is 4.79 Å². The Labute approximate surface area is 141 Å². The third-order valence-corrected chi connectivity index (χ3v) is 3.88. The molecule has 0 fully saturated rings. The summed E-state index contributed by atoms with van der Waals surface area (Å²) in [5.74, 6) is 0.152. The van der Waals surface area contributed by atoms with Crippen molar-refractivity contribution in [2.24, 2.45) is 0 Å². The maximum atomic E-state index is 12.9. The van der Waals surface area contributed by atoms with E-state index in [1.54, 1.807) is 17.0 Å². The first-order valence-corrected chi connectivity index (χ1v) is 7.89. The molecule has 0 aliphatic heterocycles. The smallest absolute Gasteiger partial charge is 0.254 e. The van der Waals surface area contributed by atoms with Crippen LogP contribution in [0.2, 0.25) is 0 Å². The molecule has 0 aliphatic rings. The van der Waals surface area contributed by atoms with Gasteiger partial charge in [-0.15, -0.1) is 0 Å². The lowest BCUT2D eigenvalue weighted by Crippen LogP contribution is -2.30. The van der Waals surface area contributed by atoms with E-state index in [9.17, 15) is 9.90 Å². The normalized spacial score (nSPS) is 10.3. The Kier molecular flexibility index (Phi) is 4.92. The molecule has 3 heteroatoms. The fourth-order valence-corrected chi connectivity index (χ4v) is 2.62. The number of benzene rings is 3. The molecule has 0 aromatic heterocycles. The molecule has 0 heterocycles. The number of amides is 1. The molecule has 3 rings (SSSR count). The lowest BCUT2D eigenvalue weighted by atomic mass is 10.1. The van der Waals surface area contributed by atoms with Gasteiger partial charge in [-0.2, -0.15) is 0 Å². The fourth-order valence-electron chi connectivity index (χ4n) is 2.62. The van der Waals surface area contributed by atoms with Crippen LogP contribution < -0.4 is 0 Å². The van der Waals surface area contributed by atoms with Crippen LogP contribution in [0.25, 0.3) is 0 Å². The molecule has 3 aromatic carbocycles. The van der Waals surface area contributed by atoms with Crippen molar-refractivity contribution in [3.05, 3.63) is 102 Å². The van der Waals surface area contributed by atoms with Gasteiger partial charge in [0.15, 0.2) is 0 Å². The second kappa shape index (κ2) is 7.47. The van der Waals surface area contributed by atoms with Crippen LogP contribution in [0.5, 0.6) is 5.75 Å². The lowest BCUT2D eigenvalue weighted by molar-refractivity contribution is 0.0729. The molecule has 0 unspecified atom stereocenters. The first-order chi connectivity index (χ1) is 11.7. The highest BCUT2D eigenvalue weighted by Gasteiger charge is 2.17. The molecule has 3 aromatic rings. The average molecular weight is 317 g/mol. The number of carbonyl (C=O) groups is 1. The van der Waals surface area contributed by atoms with Crippen molar-refractivity contribution in [2.45, 2.75) is 13.1 Å². The number of hydrogen-bond donors (Lipinski definition) is 1. The Morgan fingerprint density at radius 1 is 0.750 bits per heavy atom. The van der Waals surface area contributed by atoms with E-state index in [0.717, 1.165) is 11.1 Å². The summed E-state index contributed by atoms with van der Waals surface area (Å²) in [6.07, 6.45) is 0. The third kappa shape index (κ3) is 3.82. The molecule has 24 heavy (non-hydrogen) atoms. The summed E-state index contributed by atoms with van der Waals surface area (Å²) in [6, 6.07) is 26.2. The minimum absolute atomic E-state index is 0.0530. The predicted octanol–water partition coefficient (Wildman–Crippen LogP) is 4.23. The van der Waals surface area contributed by atoms with Gasteiger partial charge in [0, 0.05) is 24.2 Å². The fraction of sp³-hybridized carbons (Fsp3) is 0.0952. The Bertz CT molecular complexity index is 800. The molecule has 0 radical (unpaired) electrons. The quantitative estimate of drug-likeness (QED) is 0.765. The van der Waals surface area contributed by atoms with Crippen molar-refractivity contribution in [1.82, 2.24) is 4.90 Å². The molecular weight excluding hydrogens is 298 g/mol. The summed E-state index contributed by atoms with van der Waals surface area (Å²) in [5, 5.41) is 10.0. The van der Waals surface area contributed by atoms with Crippen molar-refractivity contribution in [1.29, 1.82) is 0 Å². The largest absolute Gasteiger partial charge is 0.508 e. The van der Waals surface area contributed by atoms with E-state index >= 15 is 0 Å². The van der Waals surface area contributed by atoms with Gasteiger partial charge in [0.25, 0.3) is 5.91 Å². The molecule has 0 saturated heterocycles. The Hall–Kier alpha value is -3.07. The molecule has 0 bridgehead atoms. The number of aromatic hydroxyl groups is 1. The molecule has 0 spiro atoms. The van der Waals surface area contributed by atoms with Gasteiger partial charge in [-0.1, -0.05) is 66.7 Å². The number of nitrogens with zero attached hydrogens (tertiary/aromatic N) is 1. The van der Waals surface area contributed by atoms with E-state index in [0.29, 0.717) is 18.7 Å². The SMILES string of the molecule is O=C(c1ccccc1)N(Cc1ccccc1)Cc1ccccc1O. The molecule has 1 N–H and O–H groups in total. The Morgan fingerprint density at radius 2 is 1.33 bits per heavy atom. The summed E-state index contributed by atoms with van der Waals surface area (Å²) in [5.41, 5.74) is 2.43. The highest BCUT2D eigenvalue weighted by Crippen LogP contribution is 2.20. The van der Waals surface area contributed by atoms with Crippen LogP contribution in [0.1, 0.15) is 21.5 Å². The zero-order chi connectivity index (χ0) is 16.8. The second-order valence-electron chi connectivity index (χ2n) is 5.64. The molecular formula is C21H19NO2. The van der Waals surface area contributed by atoms with Crippen molar-refractivity contribution < 1.29 is 9.90 Å². The van der Waals surface area contributed by atoms with Gasteiger partial charge in [-0.05, 0) is 23.8 Å². The van der Waals surface area contributed by atoms with Gasteiger partial charge in [-0.25, -0.2) is 0 Å². The van der Waals surface area contributed by atoms with Crippen molar-refractivity contribution in [3.8, 4) is 5.75 Å². The number of para-hydroxylation sites is 1. The minimum atomic E-state index is -0.0530. The van der Waals surface area contributed by atoms with E-state index in [2.05, 4.69) is 0 Å². The number of rotatable bonds is 5. The van der Waals surface area contributed by atoms with Crippen molar-refractivity contribution in [2.75, 3.05) is 0 Å². The van der Waals surface area contributed by atoms with Gasteiger partial charge in [0.2, 0.25) is 0 Å². The Morgan fingerprint density at radius 3 is 2.00 bits per heavy atom. The summed E-state index contributed by atoms with van der Waals surface area (Å²) in [6.45, 7) is 0.845. The molecule has 1 amide bonds. The summed E-state index contributed by atoms with van der Waals surface area (Å²) < 4.78 is 0. The minimum Gasteiger partial charge on any atom is -0.508 e. The standard InChI is InChI=1S/C21H19NO2/c23-20-14-8-7-13-19(20)16-22(15-17-9-3-1-4-10-17)21(24)18-11-5-2-6-12-18/h1-14,23H,15-16H2. The summed E-state index contributed by atoms with van der Waals surface area (Å²) >= 11 is 0. The number of phenolic OH excluding ortho intramolecular Hbond substituents is 1. The molecule has 120 valence electrons. The van der Waals surface area contributed by atoms with E-state index in [-0.39, 0.29) is 11.7 Å². The Balaban J connectivity index is 1.88. The van der Waals surface area contributed by atoms with E-state index in [1.165, 1.54) is 0 Å². The summed E-state index contributed by atoms with van der Waals surface area (Å²) in [4.78, 5) is 14.7. The maximum Gasteiger partial charge on any atom is 0.254 e.